The number of hydrogen-bond acceptors (Lipinski definition) is 4. The number of nitrogens with zero attached hydrogens (tertiary/aromatic N) is 1. The molecule has 3 heterocycles. The topological polar surface area (TPSA) is 71.1 Å². The minimum absolute atomic E-state index is 0.0942. The van der Waals surface area contributed by atoms with Gasteiger partial charge in [0.25, 0.3) is 0 Å². The van der Waals surface area contributed by atoms with Crippen LogP contribution in [0.25, 0.3) is 0 Å². The fourth-order valence-corrected chi connectivity index (χ4v) is 4.03. The molecule has 0 aromatic carbocycles. The van der Waals surface area contributed by atoms with Crippen molar-refractivity contribution in [2.45, 2.75) is 37.9 Å². The first-order valence-corrected chi connectivity index (χ1v) is 8.84. The van der Waals surface area contributed by atoms with Gasteiger partial charge in [-0.3, -0.25) is 9.59 Å². The number of alkyl halides is 3. The summed E-state index contributed by atoms with van der Waals surface area (Å²) in [7, 11) is 0. The molecule has 1 aliphatic heterocycles. The fraction of sp³-hybridized carbons (Fsp3) is 0.353. The first-order valence-electron chi connectivity index (χ1n) is 7.90. The predicted molar refractivity (Wildman–Crippen MR) is 90.7 cm³/mol. The molecule has 2 atom stereocenters. The third kappa shape index (κ3) is 4.04. The zero-order chi connectivity index (χ0) is 18.9. The summed E-state index contributed by atoms with van der Waals surface area (Å²) in [5, 5.41) is 7.72. The number of hydrogen-bond donors (Lipinski definition) is 2. The molecule has 2 aromatic heterocycles. The Morgan fingerprint density at radius 1 is 1.38 bits per heavy atom. The summed E-state index contributed by atoms with van der Waals surface area (Å²) < 4.78 is 39.5. The highest BCUT2D eigenvalue weighted by molar-refractivity contribution is 7.08. The maximum atomic E-state index is 13.2. The van der Waals surface area contributed by atoms with Crippen molar-refractivity contribution >= 4 is 29.0 Å². The highest BCUT2D eigenvalue weighted by Crippen LogP contribution is 2.42. The van der Waals surface area contributed by atoms with Crippen LogP contribution in [0.5, 0.6) is 0 Å². The minimum Gasteiger partial charge on any atom is -0.349 e. The molecule has 0 saturated carbocycles. The second-order valence-electron chi connectivity index (χ2n) is 6.15. The standard InChI is InChI=1S/C17H16F3N3O2S/c1-9(24)22-15-5-10(2-3-21-15)11-4-14(23-16(25)6-11)12-7-26-8-13(12)17(18,19)20/h2-3,5,7-8,11,14H,4,6H2,1H3,(H,23,25)(H,21,22,24). The zero-order valence-electron chi connectivity index (χ0n) is 13.8. The van der Waals surface area contributed by atoms with Gasteiger partial charge in [-0.25, -0.2) is 4.98 Å². The third-order valence-electron chi connectivity index (χ3n) is 4.22. The molecule has 0 aliphatic carbocycles. The Bertz CT molecular complexity index is 835. The van der Waals surface area contributed by atoms with Crippen LogP contribution >= 0.6 is 11.3 Å². The number of thiophene rings is 1. The van der Waals surface area contributed by atoms with Crippen LogP contribution in [-0.4, -0.2) is 16.8 Å². The van der Waals surface area contributed by atoms with E-state index in [1.807, 2.05) is 0 Å². The lowest BCUT2D eigenvalue weighted by Crippen LogP contribution is -2.36. The highest BCUT2D eigenvalue weighted by Gasteiger charge is 2.38. The second kappa shape index (κ2) is 7.06. The molecular formula is C17H16F3N3O2S. The van der Waals surface area contributed by atoms with E-state index in [0.29, 0.717) is 12.2 Å². The van der Waals surface area contributed by atoms with Crippen molar-refractivity contribution in [2.75, 3.05) is 5.32 Å². The van der Waals surface area contributed by atoms with E-state index in [0.717, 1.165) is 22.3 Å². The van der Waals surface area contributed by atoms with Gasteiger partial charge >= 0.3 is 6.18 Å². The van der Waals surface area contributed by atoms with Crippen LogP contribution in [0.1, 0.15) is 48.4 Å². The normalized spacial score (nSPS) is 20.5. The van der Waals surface area contributed by atoms with E-state index in [1.54, 1.807) is 12.1 Å². The third-order valence-corrected chi connectivity index (χ3v) is 4.98. The molecule has 5 nitrogen and oxygen atoms in total. The predicted octanol–water partition coefficient (Wildman–Crippen LogP) is 3.86. The molecule has 1 aliphatic rings. The number of pyridine rings is 1. The van der Waals surface area contributed by atoms with Crippen LogP contribution in [0.3, 0.4) is 0 Å². The Labute approximate surface area is 151 Å². The minimum atomic E-state index is -4.46. The Morgan fingerprint density at radius 2 is 2.15 bits per heavy atom. The van der Waals surface area contributed by atoms with Gasteiger partial charge in [0.05, 0.1) is 11.6 Å². The van der Waals surface area contributed by atoms with Crippen LogP contribution in [0.15, 0.2) is 29.1 Å². The maximum Gasteiger partial charge on any atom is 0.417 e. The summed E-state index contributed by atoms with van der Waals surface area (Å²) in [5.74, 6) is -0.486. The van der Waals surface area contributed by atoms with Crippen LogP contribution in [0.2, 0.25) is 0 Å². The van der Waals surface area contributed by atoms with Gasteiger partial charge in [0.2, 0.25) is 11.8 Å². The summed E-state index contributed by atoms with van der Waals surface area (Å²) in [5.41, 5.74) is 0.145. The molecule has 2 unspecified atom stereocenters. The molecule has 26 heavy (non-hydrogen) atoms. The lowest BCUT2D eigenvalue weighted by molar-refractivity contribution is -0.138. The quantitative estimate of drug-likeness (QED) is 0.846. The van der Waals surface area contributed by atoms with E-state index in [4.69, 9.17) is 0 Å². The monoisotopic (exact) mass is 383 g/mol. The largest absolute Gasteiger partial charge is 0.417 e. The average Bonchev–Trinajstić information content (AvgIpc) is 3.04. The van der Waals surface area contributed by atoms with Crippen LogP contribution in [-0.2, 0) is 15.8 Å². The van der Waals surface area contributed by atoms with E-state index in [9.17, 15) is 22.8 Å². The first-order chi connectivity index (χ1) is 12.2. The molecule has 2 aromatic rings. The number of carbonyl (C=O) groups excluding carboxylic acids is 2. The number of rotatable bonds is 3. The van der Waals surface area contributed by atoms with Gasteiger partial charge < -0.3 is 10.6 Å². The summed E-state index contributed by atoms with van der Waals surface area (Å²) in [4.78, 5) is 27.3. The molecule has 1 fully saturated rings. The molecule has 138 valence electrons. The molecule has 2 amide bonds. The van der Waals surface area contributed by atoms with Gasteiger partial charge in [0.15, 0.2) is 0 Å². The van der Waals surface area contributed by atoms with Gasteiger partial charge in [-0.1, -0.05) is 0 Å². The van der Waals surface area contributed by atoms with E-state index in [1.165, 1.54) is 18.5 Å². The van der Waals surface area contributed by atoms with Gasteiger partial charge in [0, 0.05) is 24.9 Å². The van der Waals surface area contributed by atoms with Crippen molar-refractivity contribution in [2.24, 2.45) is 0 Å². The van der Waals surface area contributed by atoms with Crippen molar-refractivity contribution in [1.82, 2.24) is 10.3 Å². The van der Waals surface area contributed by atoms with Crippen molar-refractivity contribution in [3.05, 3.63) is 45.8 Å². The molecule has 0 radical (unpaired) electrons. The number of piperidine rings is 1. The van der Waals surface area contributed by atoms with Crippen molar-refractivity contribution in [1.29, 1.82) is 0 Å². The smallest absolute Gasteiger partial charge is 0.349 e. The number of anilines is 1. The number of amides is 2. The van der Waals surface area contributed by atoms with E-state index in [-0.39, 0.29) is 29.7 Å². The Morgan fingerprint density at radius 3 is 2.85 bits per heavy atom. The molecule has 1 saturated heterocycles. The van der Waals surface area contributed by atoms with E-state index >= 15 is 0 Å². The van der Waals surface area contributed by atoms with Crippen molar-refractivity contribution < 1.29 is 22.8 Å². The lowest BCUT2D eigenvalue weighted by Gasteiger charge is -2.31. The maximum absolute atomic E-state index is 13.2. The SMILES string of the molecule is CC(=O)Nc1cc(C2CC(=O)NC(c3cscc3C(F)(F)F)C2)ccn1. The Hall–Kier alpha value is -2.42. The van der Waals surface area contributed by atoms with Crippen LogP contribution in [0, 0.1) is 0 Å². The molecule has 0 spiro atoms. The summed E-state index contributed by atoms with van der Waals surface area (Å²) >= 11 is 0.965. The summed E-state index contributed by atoms with van der Waals surface area (Å²) in [6.45, 7) is 1.35. The van der Waals surface area contributed by atoms with Crippen LogP contribution < -0.4 is 10.6 Å². The van der Waals surface area contributed by atoms with Crippen molar-refractivity contribution in [3.8, 4) is 0 Å². The van der Waals surface area contributed by atoms with E-state index in [2.05, 4.69) is 15.6 Å². The summed E-state index contributed by atoms with van der Waals surface area (Å²) in [6.07, 6.45) is -2.43. The van der Waals surface area contributed by atoms with Crippen molar-refractivity contribution in [3.63, 3.8) is 0 Å². The number of nitrogens with one attached hydrogen (secondary N) is 2. The summed E-state index contributed by atoms with van der Waals surface area (Å²) in [6, 6.07) is 2.66. The van der Waals surface area contributed by atoms with Gasteiger partial charge in [-0.2, -0.15) is 24.5 Å². The van der Waals surface area contributed by atoms with Crippen LogP contribution in [0.4, 0.5) is 19.0 Å². The Kier molecular flexibility index (Phi) is 4.99. The highest BCUT2D eigenvalue weighted by atomic mass is 32.1. The van der Waals surface area contributed by atoms with Gasteiger partial charge in [-0.05, 0) is 41.0 Å². The number of aromatic nitrogens is 1. The fourth-order valence-electron chi connectivity index (χ4n) is 3.12. The number of halogens is 3. The molecule has 2 N–H and O–H groups in total. The molecule has 3 rings (SSSR count). The average molecular weight is 383 g/mol. The second-order valence-corrected chi connectivity index (χ2v) is 6.89. The zero-order valence-corrected chi connectivity index (χ0v) is 14.6. The first kappa shape index (κ1) is 18.4. The van der Waals surface area contributed by atoms with Gasteiger partial charge in [0.1, 0.15) is 5.82 Å². The van der Waals surface area contributed by atoms with Gasteiger partial charge in [-0.15, -0.1) is 0 Å². The molecule has 9 heteroatoms. The number of carbonyl (C=O) groups is 2. The van der Waals surface area contributed by atoms with E-state index < -0.39 is 17.8 Å². The lowest BCUT2D eigenvalue weighted by atomic mass is 9.83. The molecule has 0 bridgehead atoms. The molecular weight excluding hydrogens is 367 g/mol. The Balaban J connectivity index is 1.87.